The van der Waals surface area contributed by atoms with Crippen molar-refractivity contribution in [1.29, 1.82) is 0 Å². The van der Waals surface area contributed by atoms with Crippen molar-refractivity contribution in [2.45, 2.75) is 0 Å². The number of hydrogen-bond donors (Lipinski definition) is 0. The van der Waals surface area contributed by atoms with Crippen molar-refractivity contribution in [2.75, 3.05) is 21.2 Å². The average molecular weight is 179 g/mol. The van der Waals surface area contributed by atoms with Crippen LogP contribution in [0.4, 0.5) is 0 Å². The number of ether oxygens (including phenoxy) is 1. The van der Waals surface area contributed by atoms with Crippen molar-refractivity contribution in [2.24, 2.45) is 0 Å². The van der Waals surface area contributed by atoms with Gasteiger partial charge in [0, 0.05) is 20.3 Å². The van der Waals surface area contributed by atoms with Gasteiger partial charge in [0.25, 0.3) is 0 Å². The van der Waals surface area contributed by atoms with E-state index in [0.29, 0.717) is 5.57 Å². The second-order valence-corrected chi connectivity index (χ2v) is 3.02. The molecule has 70 valence electrons. The second-order valence-electron chi connectivity index (χ2n) is 3.02. The number of carbonyl (C=O) groups excluding carboxylic acids is 1. The molecule has 0 radical (unpaired) electrons. The topological polar surface area (TPSA) is 29.5 Å². The Morgan fingerprint density at radius 3 is 2.69 bits per heavy atom. The van der Waals surface area contributed by atoms with E-state index in [1.54, 1.807) is 12.2 Å². The molecule has 0 aromatic rings. The highest BCUT2D eigenvalue weighted by Gasteiger charge is 2.10. The summed E-state index contributed by atoms with van der Waals surface area (Å²) in [6.45, 7) is 0. The van der Waals surface area contributed by atoms with Crippen LogP contribution in [-0.2, 0) is 9.53 Å². The molecule has 13 heavy (non-hydrogen) atoms. The van der Waals surface area contributed by atoms with E-state index >= 15 is 0 Å². The van der Waals surface area contributed by atoms with E-state index in [-0.39, 0.29) is 5.97 Å². The standard InChI is InChI=1S/C10H13NO2/c1-11(2)7-8-4-5-9(6-8)10(12)13-3/h4-7H,1-3H3. The Labute approximate surface area is 78.0 Å². The van der Waals surface area contributed by atoms with Gasteiger partial charge in [-0.2, -0.15) is 0 Å². The van der Waals surface area contributed by atoms with E-state index in [4.69, 9.17) is 0 Å². The van der Waals surface area contributed by atoms with Crippen LogP contribution in [0.1, 0.15) is 0 Å². The highest BCUT2D eigenvalue weighted by Crippen LogP contribution is 2.15. The molecule has 0 aromatic heterocycles. The molecule has 0 spiro atoms. The van der Waals surface area contributed by atoms with Crippen molar-refractivity contribution < 1.29 is 9.53 Å². The monoisotopic (exact) mass is 179 g/mol. The minimum absolute atomic E-state index is 0.293. The Morgan fingerprint density at radius 2 is 2.15 bits per heavy atom. The lowest BCUT2D eigenvalue weighted by Gasteiger charge is -2.04. The lowest BCUT2D eigenvalue weighted by Crippen LogP contribution is -2.02. The van der Waals surface area contributed by atoms with Crippen LogP contribution in [0, 0.1) is 0 Å². The maximum atomic E-state index is 11.1. The zero-order chi connectivity index (χ0) is 9.84. The maximum Gasteiger partial charge on any atom is 0.337 e. The van der Waals surface area contributed by atoms with Crippen LogP contribution in [0.3, 0.4) is 0 Å². The first-order valence-corrected chi connectivity index (χ1v) is 4.00. The van der Waals surface area contributed by atoms with E-state index in [1.165, 1.54) is 7.11 Å². The second kappa shape index (κ2) is 3.94. The molecular weight excluding hydrogens is 166 g/mol. The van der Waals surface area contributed by atoms with Gasteiger partial charge in [-0.25, -0.2) is 4.79 Å². The molecule has 3 heteroatoms. The number of hydrogen-bond acceptors (Lipinski definition) is 3. The van der Waals surface area contributed by atoms with Crippen LogP contribution in [-0.4, -0.2) is 32.1 Å². The summed E-state index contributed by atoms with van der Waals surface area (Å²) in [5, 5.41) is 0. The summed E-state index contributed by atoms with van der Waals surface area (Å²) in [4.78, 5) is 13.0. The Kier molecular flexibility index (Phi) is 2.90. The Bertz CT molecular complexity index is 298. The minimum atomic E-state index is -0.293. The molecule has 0 bridgehead atoms. The molecule has 0 fully saturated rings. The van der Waals surface area contributed by atoms with Gasteiger partial charge in [0.15, 0.2) is 0 Å². The summed E-state index contributed by atoms with van der Waals surface area (Å²) < 4.78 is 4.59. The number of nitrogens with zero attached hydrogens (tertiary/aromatic N) is 1. The van der Waals surface area contributed by atoms with Gasteiger partial charge in [0.05, 0.1) is 12.7 Å². The molecule has 0 saturated carbocycles. The Hall–Kier alpha value is -1.51. The minimum Gasteiger partial charge on any atom is -0.465 e. The molecule has 0 unspecified atom stereocenters. The summed E-state index contributed by atoms with van der Waals surface area (Å²) >= 11 is 0. The summed E-state index contributed by atoms with van der Waals surface area (Å²) in [5.74, 6) is -0.293. The van der Waals surface area contributed by atoms with E-state index in [0.717, 1.165) is 5.57 Å². The van der Waals surface area contributed by atoms with E-state index in [2.05, 4.69) is 4.74 Å². The molecule has 0 saturated heterocycles. The summed E-state index contributed by atoms with van der Waals surface area (Å²) in [7, 11) is 5.25. The van der Waals surface area contributed by atoms with E-state index in [9.17, 15) is 4.79 Å². The molecule has 0 aromatic carbocycles. The first kappa shape index (κ1) is 9.58. The van der Waals surface area contributed by atoms with Crippen molar-refractivity contribution in [3.05, 3.63) is 35.6 Å². The molecule has 3 nitrogen and oxygen atoms in total. The van der Waals surface area contributed by atoms with Gasteiger partial charge in [0.1, 0.15) is 0 Å². The molecule has 0 amide bonds. The number of allylic oxidation sites excluding steroid dienone is 3. The predicted octanol–water partition coefficient (Wildman–Crippen LogP) is 1.10. The highest BCUT2D eigenvalue weighted by atomic mass is 16.5. The van der Waals surface area contributed by atoms with Crippen LogP contribution in [0.15, 0.2) is 35.6 Å². The van der Waals surface area contributed by atoms with Crippen molar-refractivity contribution >= 4 is 5.97 Å². The van der Waals surface area contributed by atoms with Crippen molar-refractivity contribution in [3.63, 3.8) is 0 Å². The molecule has 0 aliphatic heterocycles. The summed E-state index contributed by atoms with van der Waals surface area (Å²) in [6, 6.07) is 0. The van der Waals surface area contributed by atoms with Crippen LogP contribution in [0.2, 0.25) is 0 Å². The predicted molar refractivity (Wildman–Crippen MR) is 51.0 cm³/mol. The Balaban J connectivity index is 2.76. The first-order valence-electron chi connectivity index (χ1n) is 4.00. The smallest absolute Gasteiger partial charge is 0.337 e. The quantitative estimate of drug-likeness (QED) is 0.594. The molecule has 1 aliphatic carbocycles. The zero-order valence-electron chi connectivity index (χ0n) is 8.07. The van der Waals surface area contributed by atoms with E-state index < -0.39 is 0 Å². The zero-order valence-corrected chi connectivity index (χ0v) is 8.07. The fraction of sp³-hybridized carbons (Fsp3) is 0.300. The number of methoxy groups -OCH3 is 1. The van der Waals surface area contributed by atoms with Crippen LogP contribution in [0.25, 0.3) is 0 Å². The third-order valence-corrected chi connectivity index (χ3v) is 1.61. The number of carbonyl (C=O) groups is 1. The average Bonchev–Trinajstić information content (AvgIpc) is 2.50. The Morgan fingerprint density at radius 1 is 1.46 bits per heavy atom. The number of rotatable bonds is 2. The van der Waals surface area contributed by atoms with Gasteiger partial charge in [0.2, 0.25) is 0 Å². The van der Waals surface area contributed by atoms with Crippen LogP contribution < -0.4 is 0 Å². The molecule has 0 N–H and O–H groups in total. The largest absolute Gasteiger partial charge is 0.465 e. The third-order valence-electron chi connectivity index (χ3n) is 1.61. The van der Waals surface area contributed by atoms with Crippen LogP contribution in [0.5, 0.6) is 0 Å². The first-order chi connectivity index (χ1) is 6.13. The lowest BCUT2D eigenvalue weighted by molar-refractivity contribution is -0.135. The normalized spacial score (nSPS) is 17.5. The van der Waals surface area contributed by atoms with Gasteiger partial charge in [-0.15, -0.1) is 0 Å². The van der Waals surface area contributed by atoms with Crippen molar-refractivity contribution in [1.82, 2.24) is 4.90 Å². The fourth-order valence-electron chi connectivity index (χ4n) is 1.09. The SMILES string of the molecule is COC(=O)C1=CC(=CN(C)C)C=C1. The molecule has 1 aliphatic rings. The van der Waals surface area contributed by atoms with E-state index in [1.807, 2.05) is 31.3 Å². The molecule has 0 heterocycles. The maximum absolute atomic E-state index is 11.1. The van der Waals surface area contributed by atoms with Crippen LogP contribution >= 0.6 is 0 Å². The molecular formula is C10H13NO2. The molecule has 0 atom stereocenters. The van der Waals surface area contributed by atoms with Gasteiger partial charge in [-0.05, 0) is 17.7 Å². The molecule has 1 rings (SSSR count). The van der Waals surface area contributed by atoms with Gasteiger partial charge >= 0.3 is 5.97 Å². The van der Waals surface area contributed by atoms with Gasteiger partial charge < -0.3 is 9.64 Å². The summed E-state index contributed by atoms with van der Waals surface area (Å²) in [5.41, 5.74) is 1.60. The highest BCUT2D eigenvalue weighted by molar-refractivity contribution is 5.93. The summed E-state index contributed by atoms with van der Waals surface area (Å²) in [6.07, 6.45) is 7.37. The fourth-order valence-corrected chi connectivity index (χ4v) is 1.09. The van der Waals surface area contributed by atoms with Gasteiger partial charge in [-0.1, -0.05) is 6.08 Å². The lowest BCUT2D eigenvalue weighted by atomic mass is 10.3. The van der Waals surface area contributed by atoms with Gasteiger partial charge in [-0.3, -0.25) is 0 Å². The number of esters is 1. The van der Waals surface area contributed by atoms with Crippen molar-refractivity contribution in [3.8, 4) is 0 Å². The third kappa shape index (κ3) is 2.47.